The van der Waals surface area contributed by atoms with E-state index in [0.717, 1.165) is 64.5 Å². The number of amides is 1. The predicted octanol–water partition coefficient (Wildman–Crippen LogP) is 4.52. The van der Waals surface area contributed by atoms with Crippen molar-refractivity contribution in [2.45, 2.75) is 57.4 Å². The molecular weight excluding hydrogens is 344 g/mol. The summed E-state index contributed by atoms with van der Waals surface area (Å²) in [7, 11) is 0. The Hall–Kier alpha value is -2.13. The maximum Gasteiger partial charge on any atom is 0.224 e. The maximum atomic E-state index is 12.7. The van der Waals surface area contributed by atoms with Gasteiger partial charge in [-0.25, -0.2) is 0 Å². The third kappa shape index (κ3) is 7.12. The molecule has 0 radical (unpaired) electrons. The summed E-state index contributed by atoms with van der Waals surface area (Å²) >= 11 is 0. The number of piperidine rings is 1. The molecule has 1 aliphatic heterocycles. The van der Waals surface area contributed by atoms with Crippen LogP contribution < -0.4 is 10.6 Å². The first kappa shape index (κ1) is 20.6. The zero-order valence-corrected chi connectivity index (χ0v) is 16.9. The van der Waals surface area contributed by atoms with Crippen molar-refractivity contribution in [1.29, 1.82) is 0 Å². The summed E-state index contributed by atoms with van der Waals surface area (Å²) in [5.74, 6) is 0.385. The largest absolute Gasteiger partial charge is 0.353 e. The zero-order chi connectivity index (χ0) is 19.4. The molecule has 3 heteroatoms. The van der Waals surface area contributed by atoms with E-state index < -0.39 is 0 Å². The zero-order valence-electron chi connectivity index (χ0n) is 16.9. The molecule has 0 aromatic heterocycles. The summed E-state index contributed by atoms with van der Waals surface area (Å²) < 4.78 is 0. The van der Waals surface area contributed by atoms with E-state index in [9.17, 15) is 4.79 Å². The Labute approximate surface area is 169 Å². The highest BCUT2D eigenvalue weighted by Gasteiger charge is 2.23. The molecule has 28 heavy (non-hydrogen) atoms. The van der Waals surface area contributed by atoms with Crippen LogP contribution >= 0.6 is 0 Å². The Morgan fingerprint density at radius 3 is 2.00 bits per heavy atom. The highest BCUT2D eigenvalue weighted by Crippen LogP contribution is 2.15. The normalized spacial score (nSPS) is 16.8. The van der Waals surface area contributed by atoms with E-state index in [1.54, 1.807) is 0 Å². The fourth-order valence-corrected chi connectivity index (χ4v) is 4.08. The summed E-state index contributed by atoms with van der Waals surface area (Å²) in [6.45, 7) is 1.87. The average molecular weight is 379 g/mol. The molecule has 3 rings (SSSR count). The van der Waals surface area contributed by atoms with Crippen LogP contribution in [0.15, 0.2) is 60.7 Å². The number of nitrogens with one attached hydrogen (secondary N) is 2. The molecule has 1 saturated heterocycles. The minimum Gasteiger partial charge on any atom is -0.353 e. The highest BCUT2D eigenvalue weighted by atomic mass is 16.2. The van der Waals surface area contributed by atoms with Gasteiger partial charge < -0.3 is 10.6 Å². The van der Waals surface area contributed by atoms with Crippen molar-refractivity contribution < 1.29 is 4.79 Å². The van der Waals surface area contributed by atoms with E-state index in [1.165, 1.54) is 11.1 Å². The maximum absolute atomic E-state index is 12.7. The molecule has 150 valence electrons. The molecule has 2 N–H and O–H groups in total. The lowest BCUT2D eigenvalue weighted by Gasteiger charge is -2.26. The van der Waals surface area contributed by atoms with E-state index >= 15 is 0 Å². The highest BCUT2D eigenvalue weighted by molar-refractivity contribution is 5.79. The summed E-state index contributed by atoms with van der Waals surface area (Å²) in [6, 6.07) is 21.6. The van der Waals surface area contributed by atoms with Crippen LogP contribution in [0.4, 0.5) is 0 Å². The predicted molar refractivity (Wildman–Crippen MR) is 116 cm³/mol. The monoisotopic (exact) mass is 378 g/mol. The van der Waals surface area contributed by atoms with Crippen LogP contribution in [0.25, 0.3) is 0 Å². The van der Waals surface area contributed by atoms with Crippen molar-refractivity contribution in [2.24, 2.45) is 5.92 Å². The Bertz CT molecular complexity index is 635. The number of carbonyl (C=O) groups excluding carboxylic acids is 1. The van der Waals surface area contributed by atoms with Gasteiger partial charge in [0.05, 0.1) is 5.92 Å². The smallest absolute Gasteiger partial charge is 0.224 e. The second-order valence-corrected chi connectivity index (χ2v) is 8.00. The third-order valence-electron chi connectivity index (χ3n) is 5.74. The van der Waals surface area contributed by atoms with Gasteiger partial charge in [0, 0.05) is 12.6 Å². The molecule has 1 fully saturated rings. The van der Waals surface area contributed by atoms with Crippen LogP contribution in [0.2, 0.25) is 0 Å². The van der Waals surface area contributed by atoms with E-state index in [-0.39, 0.29) is 17.9 Å². The first-order valence-electron chi connectivity index (χ1n) is 10.9. The summed E-state index contributed by atoms with van der Waals surface area (Å²) in [5, 5.41) is 6.74. The fraction of sp³-hybridized carbons (Fsp3) is 0.480. The Morgan fingerprint density at radius 1 is 0.929 bits per heavy atom. The Morgan fingerprint density at radius 2 is 1.50 bits per heavy atom. The minimum atomic E-state index is 0.138. The summed E-state index contributed by atoms with van der Waals surface area (Å²) in [5.41, 5.74) is 2.77. The first-order valence-corrected chi connectivity index (χ1v) is 10.9. The SMILES string of the molecule is O=C(NC(CCCc1ccccc1)CCCc1ccccc1)C1CCCNC1. The lowest BCUT2D eigenvalue weighted by atomic mass is 9.96. The van der Waals surface area contributed by atoms with Gasteiger partial charge in [-0.1, -0.05) is 60.7 Å². The van der Waals surface area contributed by atoms with Crippen molar-refractivity contribution in [2.75, 3.05) is 13.1 Å². The van der Waals surface area contributed by atoms with Gasteiger partial charge in [0.2, 0.25) is 5.91 Å². The molecule has 0 saturated carbocycles. The topological polar surface area (TPSA) is 41.1 Å². The van der Waals surface area contributed by atoms with Gasteiger partial charge in [-0.15, -0.1) is 0 Å². The van der Waals surface area contributed by atoms with Crippen molar-refractivity contribution >= 4 is 5.91 Å². The van der Waals surface area contributed by atoms with Gasteiger partial charge in [0.25, 0.3) is 0 Å². The molecule has 2 aromatic carbocycles. The molecule has 1 atom stereocenters. The van der Waals surface area contributed by atoms with Gasteiger partial charge in [-0.05, 0) is 69.0 Å². The molecule has 1 unspecified atom stereocenters. The van der Waals surface area contributed by atoms with Gasteiger partial charge in [0.15, 0.2) is 0 Å². The van der Waals surface area contributed by atoms with E-state index in [4.69, 9.17) is 0 Å². The van der Waals surface area contributed by atoms with Crippen LogP contribution in [-0.2, 0) is 17.6 Å². The molecule has 1 heterocycles. The number of carbonyl (C=O) groups is 1. The van der Waals surface area contributed by atoms with Crippen LogP contribution in [0.1, 0.15) is 49.7 Å². The minimum absolute atomic E-state index is 0.138. The summed E-state index contributed by atoms with van der Waals surface area (Å²) in [6.07, 6.45) is 8.61. The van der Waals surface area contributed by atoms with Crippen molar-refractivity contribution in [1.82, 2.24) is 10.6 Å². The summed E-state index contributed by atoms with van der Waals surface area (Å²) in [4.78, 5) is 12.7. The average Bonchev–Trinajstić information content (AvgIpc) is 2.75. The molecular formula is C25H34N2O. The van der Waals surface area contributed by atoms with Crippen LogP contribution in [-0.4, -0.2) is 25.0 Å². The standard InChI is InChI=1S/C25H34N2O/c28-25(23-16-9-19-26-20-23)27-24(17-7-14-21-10-3-1-4-11-21)18-8-15-22-12-5-2-6-13-22/h1-6,10-13,23-24,26H,7-9,14-20H2,(H,27,28). The number of hydrogen-bond acceptors (Lipinski definition) is 2. The molecule has 1 amide bonds. The van der Waals surface area contributed by atoms with Gasteiger partial charge >= 0.3 is 0 Å². The van der Waals surface area contributed by atoms with Crippen molar-refractivity contribution in [3.63, 3.8) is 0 Å². The molecule has 3 nitrogen and oxygen atoms in total. The molecule has 0 spiro atoms. The van der Waals surface area contributed by atoms with Crippen LogP contribution in [0, 0.1) is 5.92 Å². The van der Waals surface area contributed by atoms with Gasteiger partial charge in [-0.2, -0.15) is 0 Å². The second kappa shape index (κ2) is 11.7. The van der Waals surface area contributed by atoms with Crippen LogP contribution in [0.3, 0.4) is 0 Å². The number of benzene rings is 2. The third-order valence-corrected chi connectivity index (χ3v) is 5.74. The molecule has 0 aliphatic carbocycles. The fourth-order valence-electron chi connectivity index (χ4n) is 4.08. The van der Waals surface area contributed by atoms with Gasteiger partial charge in [-0.3, -0.25) is 4.79 Å². The van der Waals surface area contributed by atoms with Crippen LogP contribution in [0.5, 0.6) is 0 Å². The van der Waals surface area contributed by atoms with E-state index in [0.29, 0.717) is 0 Å². The Balaban J connectivity index is 1.49. The second-order valence-electron chi connectivity index (χ2n) is 8.00. The molecule has 0 bridgehead atoms. The van der Waals surface area contributed by atoms with Crippen molar-refractivity contribution in [3.8, 4) is 0 Å². The first-order chi connectivity index (χ1) is 13.8. The van der Waals surface area contributed by atoms with Crippen molar-refractivity contribution in [3.05, 3.63) is 71.8 Å². The Kier molecular flexibility index (Phi) is 8.57. The number of hydrogen-bond donors (Lipinski definition) is 2. The number of rotatable bonds is 10. The quantitative estimate of drug-likeness (QED) is 0.638. The van der Waals surface area contributed by atoms with E-state index in [1.807, 2.05) is 0 Å². The molecule has 1 aliphatic rings. The lowest BCUT2D eigenvalue weighted by molar-refractivity contribution is -0.126. The van der Waals surface area contributed by atoms with E-state index in [2.05, 4.69) is 71.3 Å². The lowest BCUT2D eigenvalue weighted by Crippen LogP contribution is -2.44. The van der Waals surface area contributed by atoms with Gasteiger partial charge in [0.1, 0.15) is 0 Å². The number of aryl methyl sites for hydroxylation is 2. The molecule has 2 aromatic rings.